The van der Waals surface area contributed by atoms with Crippen LogP contribution in [-0.4, -0.2) is 18.4 Å². The molecule has 11 heteroatoms. The third kappa shape index (κ3) is 5.75. The minimum Gasteiger partial charge on any atom is -0.249 e. The van der Waals surface area contributed by atoms with Gasteiger partial charge in [0.15, 0.2) is 0 Å². The van der Waals surface area contributed by atoms with Crippen molar-refractivity contribution in [3.63, 3.8) is 0 Å². The van der Waals surface area contributed by atoms with Crippen molar-refractivity contribution >= 4 is 0 Å². The second-order valence-corrected chi connectivity index (χ2v) is 2.62. The topological polar surface area (TPSA) is 9.23 Å². The minimum absolute atomic E-state index is 2.12. The lowest BCUT2D eigenvalue weighted by atomic mass is 10.4. The fourth-order valence-electron chi connectivity index (χ4n) is 0.612. The Kier molecular flexibility index (Phi) is 4.43. The highest BCUT2D eigenvalue weighted by molar-refractivity contribution is 5.00. The molecule has 1 nitrogen and oxygen atoms in total. The predicted octanol–water partition coefficient (Wildman–Crippen LogP) is 4.22. The monoisotopic (exact) mass is 280 g/mol. The molecular formula is C6H2F10O. The van der Waals surface area contributed by atoms with Gasteiger partial charge in [-0.15, -0.1) is 0 Å². The van der Waals surface area contributed by atoms with Crippen LogP contribution in [0.2, 0.25) is 0 Å². The maximum atomic E-state index is 12.2. The van der Waals surface area contributed by atoms with E-state index in [0.29, 0.717) is 0 Å². The van der Waals surface area contributed by atoms with Crippen LogP contribution in [0.1, 0.15) is 6.42 Å². The van der Waals surface area contributed by atoms with Crippen molar-refractivity contribution in [1.29, 1.82) is 0 Å². The molecule has 0 saturated carbocycles. The van der Waals surface area contributed by atoms with E-state index in [1.807, 2.05) is 0 Å². The third-order valence-electron chi connectivity index (χ3n) is 1.11. The predicted molar refractivity (Wildman–Crippen MR) is 32.0 cm³/mol. The summed E-state index contributed by atoms with van der Waals surface area (Å²) in [6.07, 6.45) is -23.9. The van der Waals surface area contributed by atoms with Gasteiger partial charge in [0, 0.05) is 0 Å². The first-order valence-corrected chi connectivity index (χ1v) is 3.51. The van der Waals surface area contributed by atoms with E-state index in [4.69, 9.17) is 0 Å². The Bertz CT molecular complexity index is 298. The number of hydrogen-bond donors (Lipinski definition) is 0. The molecule has 0 amide bonds. The van der Waals surface area contributed by atoms with Gasteiger partial charge >= 0.3 is 24.5 Å². The number of rotatable bonds is 4. The molecule has 0 spiro atoms. The standard InChI is InChI=1S/C6H2F10O/c7-2(3(8)9)6(15,16)17-5(13,14)1-4(10,11)12/h1H2. The molecular weight excluding hydrogens is 278 g/mol. The van der Waals surface area contributed by atoms with Crippen molar-refractivity contribution in [2.24, 2.45) is 0 Å². The van der Waals surface area contributed by atoms with Crippen molar-refractivity contribution in [3.8, 4) is 0 Å². The number of halogens is 10. The second-order valence-electron chi connectivity index (χ2n) is 2.62. The summed E-state index contributed by atoms with van der Waals surface area (Å²) < 4.78 is 120. The fraction of sp³-hybridized carbons (Fsp3) is 0.667. The van der Waals surface area contributed by atoms with Crippen LogP contribution in [0.3, 0.4) is 0 Å². The Morgan fingerprint density at radius 1 is 0.824 bits per heavy atom. The summed E-state index contributed by atoms with van der Waals surface area (Å²) in [7, 11) is 0. The first kappa shape index (κ1) is 16.0. The van der Waals surface area contributed by atoms with E-state index in [0.717, 1.165) is 0 Å². The van der Waals surface area contributed by atoms with Crippen molar-refractivity contribution < 1.29 is 48.6 Å². The summed E-state index contributed by atoms with van der Waals surface area (Å²) in [4.78, 5) is 0. The second kappa shape index (κ2) is 4.70. The number of ether oxygens (including phenoxy) is 1. The van der Waals surface area contributed by atoms with E-state index < -0.39 is 36.7 Å². The average molecular weight is 280 g/mol. The third-order valence-corrected chi connectivity index (χ3v) is 1.11. The average Bonchev–Trinajstić information content (AvgIpc) is 1.94. The molecule has 0 fully saturated rings. The maximum absolute atomic E-state index is 12.2. The van der Waals surface area contributed by atoms with Gasteiger partial charge in [0.25, 0.3) is 5.83 Å². The summed E-state index contributed by atoms with van der Waals surface area (Å²) in [6.45, 7) is 0. The fourth-order valence-corrected chi connectivity index (χ4v) is 0.612. The Hall–Kier alpha value is -1.00. The summed E-state index contributed by atoms with van der Waals surface area (Å²) >= 11 is 0. The highest BCUT2D eigenvalue weighted by Crippen LogP contribution is 2.40. The molecule has 0 radical (unpaired) electrons. The lowest BCUT2D eigenvalue weighted by Gasteiger charge is -2.22. The van der Waals surface area contributed by atoms with Gasteiger partial charge in [0.1, 0.15) is 6.42 Å². The summed E-state index contributed by atoms with van der Waals surface area (Å²) in [6, 6.07) is 0. The van der Waals surface area contributed by atoms with Crippen LogP contribution >= 0.6 is 0 Å². The van der Waals surface area contributed by atoms with Crippen LogP contribution in [0.4, 0.5) is 43.9 Å². The molecule has 0 N–H and O–H groups in total. The molecule has 0 heterocycles. The van der Waals surface area contributed by atoms with Gasteiger partial charge in [-0.25, -0.2) is 4.74 Å². The lowest BCUT2D eigenvalue weighted by molar-refractivity contribution is -0.384. The smallest absolute Gasteiger partial charge is 0.249 e. The van der Waals surface area contributed by atoms with Crippen molar-refractivity contribution in [3.05, 3.63) is 11.9 Å². The van der Waals surface area contributed by atoms with E-state index in [-0.39, 0.29) is 0 Å². The number of alkyl halides is 7. The van der Waals surface area contributed by atoms with Gasteiger partial charge in [0.05, 0.1) is 0 Å². The Labute approximate surface area is 86.6 Å². The van der Waals surface area contributed by atoms with Gasteiger partial charge in [-0.05, 0) is 0 Å². The SMILES string of the molecule is FC(F)=C(F)C(F)(F)OC(F)(F)CC(F)(F)F. The Balaban J connectivity index is 4.89. The van der Waals surface area contributed by atoms with Gasteiger partial charge in [-0.3, -0.25) is 0 Å². The summed E-state index contributed by atoms with van der Waals surface area (Å²) in [5, 5.41) is 0. The van der Waals surface area contributed by atoms with E-state index in [1.165, 1.54) is 0 Å². The molecule has 0 aliphatic rings. The molecule has 0 aromatic rings. The van der Waals surface area contributed by atoms with E-state index in [1.54, 1.807) is 0 Å². The normalized spacial score (nSPS) is 13.8. The summed E-state index contributed by atoms with van der Waals surface area (Å²) in [5.41, 5.74) is 0. The van der Waals surface area contributed by atoms with Crippen molar-refractivity contribution in [2.45, 2.75) is 24.8 Å². The van der Waals surface area contributed by atoms with Gasteiger partial charge in [-0.2, -0.15) is 43.9 Å². The highest BCUT2D eigenvalue weighted by Gasteiger charge is 2.54. The van der Waals surface area contributed by atoms with Crippen LogP contribution in [0.25, 0.3) is 0 Å². The zero-order chi connectivity index (χ0) is 14.1. The van der Waals surface area contributed by atoms with Crippen molar-refractivity contribution in [1.82, 2.24) is 0 Å². The molecule has 0 atom stereocenters. The number of hydrogen-bond acceptors (Lipinski definition) is 1. The van der Waals surface area contributed by atoms with Crippen LogP contribution in [0.5, 0.6) is 0 Å². The van der Waals surface area contributed by atoms with Crippen LogP contribution < -0.4 is 0 Å². The molecule has 0 aliphatic carbocycles. The zero-order valence-corrected chi connectivity index (χ0v) is 7.39. The molecule has 0 aromatic carbocycles. The summed E-state index contributed by atoms with van der Waals surface area (Å²) in [5.74, 6) is -3.68. The molecule has 102 valence electrons. The van der Waals surface area contributed by atoms with Crippen molar-refractivity contribution in [2.75, 3.05) is 0 Å². The van der Waals surface area contributed by atoms with Gasteiger partial charge in [0.2, 0.25) is 0 Å². The van der Waals surface area contributed by atoms with Crippen LogP contribution in [0.15, 0.2) is 11.9 Å². The molecule has 0 saturated heterocycles. The zero-order valence-electron chi connectivity index (χ0n) is 7.39. The first-order valence-electron chi connectivity index (χ1n) is 3.51. The molecule has 0 aliphatic heterocycles. The molecule has 0 aromatic heterocycles. The largest absolute Gasteiger partial charge is 0.419 e. The molecule has 17 heavy (non-hydrogen) atoms. The van der Waals surface area contributed by atoms with E-state index in [2.05, 4.69) is 4.74 Å². The molecule has 0 bridgehead atoms. The Morgan fingerprint density at radius 2 is 1.24 bits per heavy atom. The quantitative estimate of drug-likeness (QED) is 0.700. The van der Waals surface area contributed by atoms with Gasteiger partial charge < -0.3 is 0 Å². The van der Waals surface area contributed by atoms with Crippen LogP contribution in [-0.2, 0) is 4.74 Å². The minimum atomic E-state index is -5.85. The van der Waals surface area contributed by atoms with E-state index in [9.17, 15) is 43.9 Å². The highest BCUT2D eigenvalue weighted by atomic mass is 19.4. The molecule has 0 rings (SSSR count). The first-order chi connectivity index (χ1) is 7.27. The van der Waals surface area contributed by atoms with E-state index >= 15 is 0 Å². The lowest BCUT2D eigenvalue weighted by Crippen LogP contribution is -2.37. The van der Waals surface area contributed by atoms with Gasteiger partial charge in [-0.1, -0.05) is 0 Å². The van der Waals surface area contributed by atoms with Crippen LogP contribution in [0, 0.1) is 0 Å². The Morgan fingerprint density at radius 3 is 1.53 bits per heavy atom. The maximum Gasteiger partial charge on any atom is 0.419 e. The molecule has 0 unspecified atom stereocenters.